The molecule has 14 nitrogen and oxygen atoms in total. The van der Waals surface area contributed by atoms with Gasteiger partial charge in [-0.15, -0.1) is 10.2 Å². The van der Waals surface area contributed by atoms with E-state index in [0.717, 1.165) is 16.8 Å². The van der Waals surface area contributed by atoms with E-state index in [1.807, 2.05) is 36.4 Å². The highest BCUT2D eigenvalue weighted by Gasteiger charge is 2.36. The molecule has 1 aliphatic rings. The van der Waals surface area contributed by atoms with E-state index in [2.05, 4.69) is 15.5 Å². The van der Waals surface area contributed by atoms with Gasteiger partial charge in [-0.2, -0.15) is 5.10 Å². The number of nitro groups is 1. The van der Waals surface area contributed by atoms with Crippen molar-refractivity contribution in [2.75, 3.05) is 27.1 Å². The number of hydrogen-bond acceptors (Lipinski definition) is 11. The van der Waals surface area contributed by atoms with Crippen molar-refractivity contribution in [1.82, 2.24) is 25.1 Å². The largest absolute Gasteiger partial charge is 0.497 e. The summed E-state index contributed by atoms with van der Waals surface area (Å²) in [6.07, 6.45) is 0.449. The lowest BCUT2D eigenvalue weighted by atomic mass is 9.97. The fraction of sp³-hybridized carbons (Fsp3) is 0.281. The van der Waals surface area contributed by atoms with Crippen LogP contribution in [-0.2, 0) is 18.4 Å². The van der Waals surface area contributed by atoms with Gasteiger partial charge in [0.2, 0.25) is 0 Å². The molecular weight excluding hydrogens is 626 g/mol. The first kappa shape index (κ1) is 32.9. The summed E-state index contributed by atoms with van der Waals surface area (Å²) in [5, 5.41) is 29.1. The summed E-state index contributed by atoms with van der Waals surface area (Å²) < 4.78 is 18.2. The van der Waals surface area contributed by atoms with Crippen LogP contribution in [0, 0.1) is 17.0 Å². The number of aromatic nitrogens is 3. The van der Waals surface area contributed by atoms with E-state index < -0.39 is 16.9 Å². The molecule has 15 heteroatoms. The van der Waals surface area contributed by atoms with Gasteiger partial charge in [-0.1, -0.05) is 30.0 Å². The van der Waals surface area contributed by atoms with E-state index in [1.165, 1.54) is 41.9 Å². The summed E-state index contributed by atoms with van der Waals surface area (Å²) in [6, 6.07) is 16.9. The van der Waals surface area contributed by atoms with E-state index in [0.29, 0.717) is 34.7 Å². The smallest absolute Gasteiger partial charge is 0.273 e. The Balaban J connectivity index is 1.32. The molecule has 3 aromatic carbocycles. The predicted octanol–water partition coefficient (Wildman–Crippen LogP) is 4.46. The number of ether oxygens (including phenoxy) is 3. The average molecular weight is 660 g/mol. The fourth-order valence-corrected chi connectivity index (χ4v) is 6.04. The minimum Gasteiger partial charge on any atom is -0.497 e. The van der Waals surface area contributed by atoms with Gasteiger partial charge in [0.15, 0.2) is 22.5 Å². The molecule has 0 spiro atoms. The first-order chi connectivity index (χ1) is 22.7. The van der Waals surface area contributed by atoms with Crippen LogP contribution in [0.2, 0.25) is 0 Å². The summed E-state index contributed by atoms with van der Waals surface area (Å²) in [7, 11) is 6.45. The molecule has 1 aliphatic heterocycles. The van der Waals surface area contributed by atoms with Gasteiger partial charge in [-0.3, -0.25) is 19.7 Å². The maximum atomic E-state index is 13.8. The van der Waals surface area contributed by atoms with E-state index in [4.69, 9.17) is 19.3 Å². The van der Waals surface area contributed by atoms with Crippen molar-refractivity contribution < 1.29 is 28.7 Å². The number of hydrogen-bond donors (Lipinski definition) is 1. The normalized spacial score (nSPS) is 14.0. The van der Waals surface area contributed by atoms with Gasteiger partial charge in [0.05, 0.1) is 50.3 Å². The highest BCUT2D eigenvalue weighted by atomic mass is 32.2. The lowest BCUT2D eigenvalue weighted by Crippen LogP contribution is -2.29. The molecule has 0 aliphatic carbocycles. The number of amides is 2. The number of thioether (sulfide) groups is 1. The zero-order chi connectivity index (χ0) is 33.7. The van der Waals surface area contributed by atoms with E-state index in [1.54, 1.807) is 39.0 Å². The number of para-hydroxylation sites is 1. The van der Waals surface area contributed by atoms with Crippen molar-refractivity contribution in [2.45, 2.75) is 31.1 Å². The average Bonchev–Trinajstić information content (AvgIpc) is 3.69. The Morgan fingerprint density at radius 2 is 1.77 bits per heavy atom. The SMILES string of the molecule is COc1ccc(C2=NN(C(=O)CSc3nnc(CNC(=O)c4cccc([N+](=O)[O-])c4C)n3C)[C@@H](c3cccc(OC)c3OC)C2)cc1. The lowest BCUT2D eigenvalue weighted by molar-refractivity contribution is -0.385. The van der Waals surface area contributed by atoms with Gasteiger partial charge in [0, 0.05) is 36.2 Å². The third kappa shape index (κ3) is 6.89. The Bertz CT molecular complexity index is 1840. The Kier molecular flexibility index (Phi) is 10.0. The van der Waals surface area contributed by atoms with Gasteiger partial charge in [-0.05, 0) is 48.9 Å². The van der Waals surface area contributed by atoms with Crippen LogP contribution >= 0.6 is 11.8 Å². The van der Waals surface area contributed by atoms with Crippen LogP contribution in [0.4, 0.5) is 5.69 Å². The first-order valence-corrected chi connectivity index (χ1v) is 15.4. The minimum absolute atomic E-state index is 0.00733. The van der Waals surface area contributed by atoms with Crippen LogP contribution in [0.1, 0.15) is 45.3 Å². The van der Waals surface area contributed by atoms with Gasteiger partial charge in [0.25, 0.3) is 17.5 Å². The summed E-state index contributed by atoms with van der Waals surface area (Å²) >= 11 is 1.19. The highest BCUT2D eigenvalue weighted by molar-refractivity contribution is 7.99. The Morgan fingerprint density at radius 1 is 1.02 bits per heavy atom. The molecule has 4 aromatic rings. The topological polar surface area (TPSA) is 163 Å². The first-order valence-electron chi connectivity index (χ1n) is 14.4. The monoisotopic (exact) mass is 659 g/mol. The molecule has 2 heterocycles. The van der Waals surface area contributed by atoms with Gasteiger partial charge in [0.1, 0.15) is 5.75 Å². The second-order valence-corrected chi connectivity index (χ2v) is 11.4. The zero-order valence-corrected chi connectivity index (χ0v) is 27.2. The zero-order valence-electron chi connectivity index (χ0n) is 26.4. The molecule has 2 amide bonds. The van der Waals surface area contributed by atoms with E-state index in [-0.39, 0.29) is 35.0 Å². The quantitative estimate of drug-likeness (QED) is 0.131. The number of nitro benzene ring substituents is 1. The van der Waals surface area contributed by atoms with Crippen LogP contribution in [-0.4, -0.2) is 69.3 Å². The van der Waals surface area contributed by atoms with Crippen molar-refractivity contribution in [1.29, 1.82) is 0 Å². The number of hydrazone groups is 1. The molecule has 0 bridgehead atoms. The third-order valence-electron chi connectivity index (χ3n) is 7.78. The Hall–Kier alpha value is -5.44. The molecule has 0 saturated carbocycles. The Morgan fingerprint density at radius 3 is 2.45 bits per heavy atom. The summed E-state index contributed by atoms with van der Waals surface area (Å²) in [5.74, 6) is 1.50. The lowest BCUT2D eigenvalue weighted by Gasteiger charge is -2.24. The molecule has 244 valence electrons. The molecule has 0 fully saturated rings. The second kappa shape index (κ2) is 14.3. The molecular formula is C32H33N7O7S. The van der Waals surface area contributed by atoms with Crippen molar-refractivity contribution >= 4 is 35.0 Å². The van der Waals surface area contributed by atoms with Gasteiger partial charge < -0.3 is 24.1 Å². The molecule has 47 heavy (non-hydrogen) atoms. The molecule has 1 aromatic heterocycles. The number of benzene rings is 3. The van der Waals surface area contributed by atoms with Gasteiger partial charge >= 0.3 is 0 Å². The van der Waals surface area contributed by atoms with Crippen molar-refractivity contribution in [3.8, 4) is 17.2 Å². The van der Waals surface area contributed by atoms with Crippen molar-refractivity contribution in [3.05, 3.63) is 98.9 Å². The van der Waals surface area contributed by atoms with Gasteiger partial charge in [-0.25, -0.2) is 5.01 Å². The number of methoxy groups -OCH3 is 3. The summed E-state index contributed by atoms with van der Waals surface area (Å²) in [6.45, 7) is 1.55. The maximum Gasteiger partial charge on any atom is 0.273 e. The summed E-state index contributed by atoms with van der Waals surface area (Å²) in [4.78, 5) is 37.3. The maximum absolute atomic E-state index is 13.8. The predicted molar refractivity (Wildman–Crippen MR) is 174 cm³/mol. The standard InChI is InChI=1S/C32H33N7O7S/c1-19-22(8-6-10-25(19)39(42)43)31(41)33-17-28-34-35-32(37(28)2)47-18-29(40)38-26(23-9-7-11-27(45-4)30(23)46-5)16-24(36-38)20-12-14-21(44-3)15-13-20/h6-15,26H,16-18H2,1-5H3,(H,33,41)/t26-/m1/s1. The van der Waals surface area contributed by atoms with Crippen LogP contribution in [0.5, 0.6) is 17.2 Å². The molecule has 0 radical (unpaired) electrons. The molecule has 1 N–H and O–H groups in total. The van der Waals surface area contributed by atoms with Crippen LogP contribution < -0.4 is 19.5 Å². The summed E-state index contributed by atoms with van der Waals surface area (Å²) in [5.41, 5.74) is 2.69. The third-order valence-corrected chi connectivity index (χ3v) is 8.79. The van der Waals surface area contributed by atoms with Crippen LogP contribution in [0.3, 0.4) is 0 Å². The van der Waals surface area contributed by atoms with Crippen LogP contribution in [0.25, 0.3) is 0 Å². The minimum atomic E-state index is -0.525. The molecule has 0 saturated heterocycles. The number of nitrogens with one attached hydrogen (secondary N) is 1. The van der Waals surface area contributed by atoms with Crippen molar-refractivity contribution in [3.63, 3.8) is 0 Å². The number of rotatable bonds is 12. The van der Waals surface area contributed by atoms with Crippen LogP contribution in [0.15, 0.2) is 70.9 Å². The van der Waals surface area contributed by atoms with Crippen molar-refractivity contribution in [2.24, 2.45) is 12.1 Å². The Labute approximate surface area is 274 Å². The highest BCUT2D eigenvalue weighted by Crippen LogP contribution is 2.42. The fourth-order valence-electron chi connectivity index (χ4n) is 5.25. The number of nitrogens with zero attached hydrogens (tertiary/aromatic N) is 6. The van der Waals surface area contributed by atoms with E-state index >= 15 is 0 Å². The molecule has 5 rings (SSSR count). The molecule has 0 unspecified atom stereocenters. The number of carbonyl (C=O) groups excluding carboxylic acids is 2. The second-order valence-electron chi connectivity index (χ2n) is 10.5. The van der Waals surface area contributed by atoms with E-state index in [9.17, 15) is 19.7 Å². The molecule has 1 atom stereocenters. The number of carbonyl (C=O) groups is 2.